The molecule has 4 rings (SSSR count). The fourth-order valence-electron chi connectivity index (χ4n) is 3.86. The van der Waals surface area contributed by atoms with Gasteiger partial charge in [-0.3, -0.25) is 4.98 Å². The summed E-state index contributed by atoms with van der Waals surface area (Å²) in [6.07, 6.45) is 2.68. The molecule has 1 aliphatic heterocycles. The second kappa shape index (κ2) is 8.60. The summed E-state index contributed by atoms with van der Waals surface area (Å²) in [5.74, 6) is 1.35. The summed E-state index contributed by atoms with van der Waals surface area (Å²) in [4.78, 5) is 8.13. The zero-order valence-corrected chi connectivity index (χ0v) is 17.4. The lowest BCUT2D eigenvalue weighted by Gasteiger charge is -2.21. The van der Waals surface area contributed by atoms with E-state index in [2.05, 4.69) is 28.1 Å². The Hall–Kier alpha value is -3.30. The van der Waals surface area contributed by atoms with Crippen molar-refractivity contribution in [2.75, 3.05) is 25.6 Å². The van der Waals surface area contributed by atoms with E-state index < -0.39 is 0 Å². The number of nitrogens with one attached hydrogen (secondary N) is 1. The number of hydrogen-bond donors (Lipinski definition) is 1. The van der Waals surface area contributed by atoms with Crippen molar-refractivity contribution >= 4 is 22.3 Å². The topological polar surface area (TPSA) is 57.0 Å². The molecule has 0 spiro atoms. The van der Waals surface area contributed by atoms with Crippen LogP contribution in [0.1, 0.15) is 30.5 Å². The van der Waals surface area contributed by atoms with Crippen LogP contribution in [-0.4, -0.2) is 31.4 Å². The largest absolute Gasteiger partial charge is 0.493 e. The molecule has 0 aliphatic carbocycles. The summed E-state index contributed by atoms with van der Waals surface area (Å²) in [7, 11) is 1.64. The normalized spacial score (nSPS) is 16.8. The van der Waals surface area contributed by atoms with Gasteiger partial charge in [0.15, 0.2) is 17.2 Å². The maximum Gasteiger partial charge on any atom is 0.190 e. The molecule has 0 radical (unpaired) electrons. The van der Waals surface area contributed by atoms with Gasteiger partial charge in [-0.2, -0.15) is 0 Å². The Bertz CT molecular complexity index is 1100. The van der Waals surface area contributed by atoms with Crippen molar-refractivity contribution in [3.63, 3.8) is 0 Å². The van der Waals surface area contributed by atoms with Crippen LogP contribution in [0.3, 0.4) is 0 Å². The lowest BCUT2D eigenvalue weighted by molar-refractivity contribution is 0.139. The predicted octanol–water partition coefficient (Wildman–Crippen LogP) is 5.44. The van der Waals surface area contributed by atoms with Gasteiger partial charge in [-0.1, -0.05) is 18.2 Å². The van der Waals surface area contributed by atoms with Crippen LogP contribution in [0, 0.1) is 13.5 Å². The average Bonchev–Trinajstić information content (AvgIpc) is 3.27. The number of fused-ring (bicyclic) bond motifs is 1. The molecule has 1 saturated heterocycles. The SMILES string of the molecule is [C-]#[N+]c1cccc([C@@H](C)Nc2ccnc3cc(OC)c(O[C@H]4CCOC4)cc23)c1C. The Morgan fingerprint density at radius 2 is 2.13 bits per heavy atom. The second-order valence-electron chi connectivity index (χ2n) is 7.45. The Morgan fingerprint density at radius 3 is 2.87 bits per heavy atom. The van der Waals surface area contributed by atoms with Gasteiger partial charge in [0.2, 0.25) is 0 Å². The van der Waals surface area contributed by atoms with E-state index >= 15 is 0 Å². The number of rotatable bonds is 6. The van der Waals surface area contributed by atoms with E-state index in [1.165, 1.54) is 0 Å². The molecule has 6 heteroatoms. The van der Waals surface area contributed by atoms with Crippen molar-refractivity contribution in [3.8, 4) is 11.5 Å². The minimum atomic E-state index is 0.0204. The Balaban J connectivity index is 1.69. The van der Waals surface area contributed by atoms with Crippen LogP contribution in [0.15, 0.2) is 42.6 Å². The zero-order valence-electron chi connectivity index (χ0n) is 17.4. The Kier molecular flexibility index (Phi) is 5.73. The predicted molar refractivity (Wildman–Crippen MR) is 118 cm³/mol. The molecule has 0 amide bonds. The molecule has 0 unspecified atom stereocenters. The Morgan fingerprint density at radius 1 is 1.27 bits per heavy atom. The van der Waals surface area contributed by atoms with Gasteiger partial charge in [0, 0.05) is 35.8 Å². The summed E-state index contributed by atoms with van der Waals surface area (Å²) in [5.41, 5.74) is 4.56. The average molecular weight is 403 g/mol. The first-order valence-corrected chi connectivity index (χ1v) is 10.1. The highest BCUT2D eigenvalue weighted by atomic mass is 16.6. The molecule has 0 saturated carbocycles. The van der Waals surface area contributed by atoms with Crippen LogP contribution in [-0.2, 0) is 4.74 Å². The van der Waals surface area contributed by atoms with E-state index in [1.807, 2.05) is 37.3 Å². The molecule has 0 bridgehead atoms. The molecule has 30 heavy (non-hydrogen) atoms. The first kappa shape index (κ1) is 20.0. The second-order valence-corrected chi connectivity index (χ2v) is 7.45. The van der Waals surface area contributed by atoms with E-state index in [9.17, 15) is 0 Å². The van der Waals surface area contributed by atoms with Crippen LogP contribution >= 0.6 is 0 Å². The summed E-state index contributed by atoms with van der Waals surface area (Å²) in [6, 6.07) is 11.7. The van der Waals surface area contributed by atoms with Crippen molar-refractivity contribution in [1.29, 1.82) is 0 Å². The van der Waals surface area contributed by atoms with Gasteiger partial charge in [-0.15, -0.1) is 0 Å². The third-order valence-corrected chi connectivity index (χ3v) is 5.51. The first-order chi connectivity index (χ1) is 14.6. The smallest absolute Gasteiger partial charge is 0.190 e. The highest BCUT2D eigenvalue weighted by Gasteiger charge is 2.20. The van der Waals surface area contributed by atoms with Crippen LogP contribution in [0.5, 0.6) is 11.5 Å². The zero-order chi connectivity index (χ0) is 21.1. The molecular formula is C24H25N3O3. The monoisotopic (exact) mass is 403 g/mol. The lowest BCUT2D eigenvalue weighted by Crippen LogP contribution is -2.16. The molecule has 6 nitrogen and oxygen atoms in total. The van der Waals surface area contributed by atoms with Gasteiger partial charge < -0.3 is 19.5 Å². The standard InChI is InChI=1S/C24H25N3O3/c1-15-18(6-5-7-20(15)25-3)16(2)27-21-8-10-26-22-13-23(28-4)24(12-19(21)22)30-17-9-11-29-14-17/h5-8,10,12-13,16-17H,9,11,14H2,1-2,4H3,(H,26,27)/t16-,17+/m1/s1. The highest BCUT2D eigenvalue weighted by molar-refractivity contribution is 5.93. The first-order valence-electron chi connectivity index (χ1n) is 10.1. The van der Waals surface area contributed by atoms with E-state index in [4.69, 9.17) is 20.8 Å². The van der Waals surface area contributed by atoms with Crippen molar-refractivity contribution in [2.24, 2.45) is 0 Å². The van der Waals surface area contributed by atoms with Crippen molar-refractivity contribution in [3.05, 3.63) is 65.1 Å². The van der Waals surface area contributed by atoms with Gasteiger partial charge in [0.05, 0.1) is 32.4 Å². The number of methoxy groups -OCH3 is 1. The van der Waals surface area contributed by atoms with Crippen LogP contribution in [0.4, 0.5) is 11.4 Å². The fraction of sp³-hybridized carbons (Fsp3) is 0.333. The van der Waals surface area contributed by atoms with Crippen LogP contribution in [0.2, 0.25) is 0 Å². The number of ether oxygens (including phenoxy) is 3. The molecule has 2 aromatic carbocycles. The molecule has 1 aliphatic rings. The van der Waals surface area contributed by atoms with Gasteiger partial charge in [-0.25, -0.2) is 4.85 Å². The summed E-state index contributed by atoms with van der Waals surface area (Å²) in [6.45, 7) is 12.8. The summed E-state index contributed by atoms with van der Waals surface area (Å²) < 4.78 is 17.1. The third-order valence-electron chi connectivity index (χ3n) is 5.51. The summed E-state index contributed by atoms with van der Waals surface area (Å²) >= 11 is 0. The van der Waals surface area contributed by atoms with E-state index in [-0.39, 0.29) is 12.1 Å². The molecule has 1 fully saturated rings. The molecule has 3 aromatic rings. The van der Waals surface area contributed by atoms with E-state index in [0.717, 1.165) is 40.7 Å². The molecule has 154 valence electrons. The number of anilines is 1. The molecule has 2 heterocycles. The number of aromatic nitrogens is 1. The molecule has 1 aromatic heterocycles. The van der Waals surface area contributed by atoms with Gasteiger partial charge in [0.25, 0.3) is 0 Å². The Labute approximate surface area is 176 Å². The van der Waals surface area contributed by atoms with Crippen molar-refractivity contribution < 1.29 is 14.2 Å². The fourth-order valence-corrected chi connectivity index (χ4v) is 3.86. The number of benzene rings is 2. The van der Waals surface area contributed by atoms with Gasteiger partial charge in [-0.05, 0) is 37.1 Å². The third kappa shape index (κ3) is 3.89. The van der Waals surface area contributed by atoms with E-state index in [1.54, 1.807) is 13.3 Å². The van der Waals surface area contributed by atoms with Crippen molar-refractivity contribution in [1.82, 2.24) is 4.98 Å². The lowest BCUT2D eigenvalue weighted by atomic mass is 10.0. The highest BCUT2D eigenvalue weighted by Crippen LogP contribution is 2.37. The minimum absolute atomic E-state index is 0.0204. The van der Waals surface area contributed by atoms with Crippen LogP contribution < -0.4 is 14.8 Å². The van der Waals surface area contributed by atoms with Crippen molar-refractivity contribution in [2.45, 2.75) is 32.4 Å². The van der Waals surface area contributed by atoms with E-state index in [0.29, 0.717) is 23.8 Å². The number of hydrogen-bond acceptors (Lipinski definition) is 5. The van der Waals surface area contributed by atoms with Crippen LogP contribution in [0.25, 0.3) is 15.7 Å². The molecular weight excluding hydrogens is 378 g/mol. The van der Waals surface area contributed by atoms with Gasteiger partial charge >= 0.3 is 0 Å². The molecule has 2 atom stereocenters. The summed E-state index contributed by atoms with van der Waals surface area (Å²) in [5, 5.41) is 4.54. The van der Waals surface area contributed by atoms with Gasteiger partial charge in [0.1, 0.15) is 6.10 Å². The maximum atomic E-state index is 7.37. The maximum absolute atomic E-state index is 7.37. The number of nitrogens with zero attached hydrogens (tertiary/aromatic N) is 2. The number of pyridine rings is 1. The minimum Gasteiger partial charge on any atom is -0.493 e. The quantitative estimate of drug-likeness (QED) is 0.555. The molecule has 1 N–H and O–H groups in total.